The average molecular weight is 597 g/mol. The normalized spacial score (nSPS) is 28.9. The summed E-state index contributed by atoms with van der Waals surface area (Å²) in [4.78, 5) is 28.4. The number of rotatable bonds is 10. The first-order valence-corrected chi connectivity index (χ1v) is 16.3. The van der Waals surface area contributed by atoms with Crippen LogP contribution in [0.1, 0.15) is 141 Å². The van der Waals surface area contributed by atoms with Gasteiger partial charge in [-0.15, -0.1) is 0 Å². The molecule has 0 aromatic carbocycles. The number of alkyl carbamates (subject to hydrolysis) is 1. The lowest BCUT2D eigenvalue weighted by molar-refractivity contribution is -0.150. The van der Waals surface area contributed by atoms with Crippen LogP contribution in [-0.4, -0.2) is 61.2 Å². The quantitative estimate of drug-likeness (QED) is 0.227. The minimum Gasteiger partial charge on any atom is -0.450 e. The average Bonchev–Trinajstić information content (AvgIpc) is 2.77. The van der Waals surface area contributed by atoms with E-state index in [-0.39, 0.29) is 52.0 Å². The van der Waals surface area contributed by atoms with Gasteiger partial charge in [-0.2, -0.15) is 0 Å². The SMILES string of the molecule is C=NCC1(C)CC(NC(=O)C(C)(C)OC(C)CCC)CC(C)(C)C1.CC.CCOC(=O)NC1(C)CC(N)CC(C)(C)C1. The number of carbonyl (C=O) groups is 2. The molecule has 0 aromatic rings. The summed E-state index contributed by atoms with van der Waals surface area (Å²) >= 11 is 0. The molecule has 42 heavy (non-hydrogen) atoms. The van der Waals surface area contributed by atoms with Crippen LogP contribution in [0, 0.1) is 16.2 Å². The van der Waals surface area contributed by atoms with Gasteiger partial charge >= 0.3 is 6.09 Å². The van der Waals surface area contributed by atoms with Crippen molar-refractivity contribution < 1.29 is 19.1 Å². The van der Waals surface area contributed by atoms with Gasteiger partial charge < -0.3 is 30.8 Å². The van der Waals surface area contributed by atoms with Crippen molar-refractivity contribution in [3.05, 3.63) is 0 Å². The molecule has 248 valence electrons. The molecule has 2 fully saturated rings. The molecule has 0 bridgehead atoms. The van der Waals surface area contributed by atoms with E-state index in [4.69, 9.17) is 15.2 Å². The van der Waals surface area contributed by atoms with Crippen LogP contribution >= 0.6 is 0 Å². The van der Waals surface area contributed by atoms with E-state index in [0.717, 1.165) is 57.9 Å². The zero-order chi connectivity index (χ0) is 33.0. The van der Waals surface area contributed by atoms with Crippen molar-refractivity contribution in [2.45, 2.75) is 171 Å². The number of amides is 2. The van der Waals surface area contributed by atoms with Crippen molar-refractivity contribution in [3.8, 4) is 0 Å². The summed E-state index contributed by atoms with van der Waals surface area (Å²) in [6.07, 6.45) is 7.59. The van der Waals surface area contributed by atoms with E-state index in [1.54, 1.807) is 6.92 Å². The summed E-state index contributed by atoms with van der Waals surface area (Å²) in [5, 5.41) is 6.19. The maximum Gasteiger partial charge on any atom is 0.407 e. The van der Waals surface area contributed by atoms with Crippen LogP contribution in [0.15, 0.2) is 4.99 Å². The topological polar surface area (TPSA) is 115 Å². The Morgan fingerprint density at radius 3 is 2.07 bits per heavy atom. The largest absolute Gasteiger partial charge is 0.450 e. The highest BCUT2D eigenvalue weighted by molar-refractivity contribution is 5.84. The van der Waals surface area contributed by atoms with Crippen LogP contribution in [0.4, 0.5) is 4.79 Å². The molecule has 0 heterocycles. The van der Waals surface area contributed by atoms with Crippen molar-refractivity contribution in [2.75, 3.05) is 13.2 Å². The molecule has 0 saturated heterocycles. The Morgan fingerprint density at radius 2 is 1.57 bits per heavy atom. The molecule has 0 aliphatic heterocycles. The van der Waals surface area contributed by atoms with Gasteiger partial charge in [-0.05, 0) is 103 Å². The van der Waals surface area contributed by atoms with Gasteiger partial charge in [0.05, 0.1) is 12.7 Å². The molecule has 0 radical (unpaired) electrons. The smallest absolute Gasteiger partial charge is 0.407 e. The second kappa shape index (κ2) is 17.0. The van der Waals surface area contributed by atoms with Crippen molar-refractivity contribution in [1.82, 2.24) is 10.6 Å². The molecule has 8 nitrogen and oxygen atoms in total. The highest BCUT2D eigenvalue weighted by Gasteiger charge is 2.43. The third-order valence-electron chi connectivity index (χ3n) is 8.09. The second-order valence-electron chi connectivity index (χ2n) is 15.3. The summed E-state index contributed by atoms with van der Waals surface area (Å²) in [7, 11) is 0. The van der Waals surface area contributed by atoms with Crippen molar-refractivity contribution in [2.24, 2.45) is 27.0 Å². The van der Waals surface area contributed by atoms with Gasteiger partial charge in [0.2, 0.25) is 0 Å². The number of aliphatic imine (C=N–C) groups is 1. The number of nitrogens with zero attached hydrogens (tertiary/aromatic N) is 1. The van der Waals surface area contributed by atoms with E-state index in [1.807, 2.05) is 41.5 Å². The molecule has 8 heteroatoms. The Balaban J connectivity index is 0.000000809. The van der Waals surface area contributed by atoms with Gasteiger partial charge in [-0.1, -0.05) is 61.8 Å². The summed E-state index contributed by atoms with van der Waals surface area (Å²) < 4.78 is 10.9. The minimum atomic E-state index is -0.802. The standard InChI is InChI=1S/C20H38N2O2.C12H24N2O2.C2H6/c1-9-10-15(2)24-19(5,6)17(23)22-16-11-18(3,4)13-20(7,12-16)14-21-8;1-5-16-10(15)14-12(4)7-9(13)6-11(2,3)8-12;1-2/h15-16H,8-14H2,1-7H3,(H,22,23);9H,5-8,13H2,1-4H3,(H,14,15);1-2H3. The van der Waals surface area contributed by atoms with Gasteiger partial charge in [0, 0.05) is 24.2 Å². The Hall–Kier alpha value is -1.67. The number of ether oxygens (including phenoxy) is 2. The van der Waals surface area contributed by atoms with Crippen LogP contribution in [0.5, 0.6) is 0 Å². The Labute approximate surface area is 259 Å². The fraction of sp³-hybridized carbons (Fsp3) is 0.912. The number of hydrogen-bond acceptors (Lipinski definition) is 6. The minimum absolute atomic E-state index is 0.0120. The van der Waals surface area contributed by atoms with Crippen molar-refractivity contribution >= 4 is 18.7 Å². The molecule has 4 N–H and O–H groups in total. The summed E-state index contributed by atoms with van der Waals surface area (Å²) in [5.74, 6) is -0.0120. The Morgan fingerprint density at radius 1 is 1.00 bits per heavy atom. The molecule has 2 rings (SSSR count). The molecule has 2 amide bonds. The third kappa shape index (κ3) is 14.7. The molecule has 5 unspecified atom stereocenters. The predicted octanol–water partition coefficient (Wildman–Crippen LogP) is 7.43. The zero-order valence-electron chi connectivity index (χ0n) is 29.7. The molecule has 2 aliphatic rings. The van der Waals surface area contributed by atoms with E-state index in [1.165, 1.54) is 0 Å². The third-order valence-corrected chi connectivity index (χ3v) is 8.09. The second-order valence-corrected chi connectivity index (χ2v) is 15.3. The number of carbonyl (C=O) groups excluding carboxylic acids is 2. The number of nitrogens with one attached hydrogen (secondary N) is 2. The first-order chi connectivity index (χ1) is 19.2. The van der Waals surface area contributed by atoms with E-state index in [2.05, 4.69) is 63.9 Å². The Kier molecular flexibility index (Phi) is 16.3. The first-order valence-electron chi connectivity index (χ1n) is 16.3. The van der Waals surface area contributed by atoms with Crippen LogP contribution in [-0.2, 0) is 14.3 Å². The summed E-state index contributed by atoms with van der Waals surface area (Å²) in [5.41, 5.74) is 5.46. The van der Waals surface area contributed by atoms with Crippen molar-refractivity contribution in [3.63, 3.8) is 0 Å². The van der Waals surface area contributed by atoms with E-state index < -0.39 is 5.60 Å². The van der Waals surface area contributed by atoms with Gasteiger partial charge in [0.15, 0.2) is 0 Å². The van der Waals surface area contributed by atoms with Crippen molar-refractivity contribution in [1.29, 1.82) is 0 Å². The van der Waals surface area contributed by atoms with Crippen LogP contribution < -0.4 is 16.4 Å². The van der Waals surface area contributed by atoms with E-state index in [0.29, 0.717) is 6.61 Å². The fourth-order valence-electron chi connectivity index (χ4n) is 7.58. The molecular weight excluding hydrogens is 528 g/mol. The lowest BCUT2D eigenvalue weighted by Crippen LogP contribution is -2.55. The Bertz CT molecular complexity index is 843. The molecule has 2 saturated carbocycles. The number of nitrogens with two attached hydrogens (primary N) is 1. The molecule has 5 atom stereocenters. The molecule has 0 aromatic heterocycles. The van der Waals surface area contributed by atoms with Crippen LogP contribution in [0.25, 0.3) is 0 Å². The predicted molar refractivity (Wildman–Crippen MR) is 177 cm³/mol. The monoisotopic (exact) mass is 597 g/mol. The van der Waals surface area contributed by atoms with Gasteiger partial charge in [-0.25, -0.2) is 4.79 Å². The number of hydrogen-bond donors (Lipinski definition) is 3. The van der Waals surface area contributed by atoms with E-state index >= 15 is 0 Å². The fourth-order valence-corrected chi connectivity index (χ4v) is 7.58. The maximum absolute atomic E-state index is 12.8. The summed E-state index contributed by atoms with van der Waals surface area (Å²) in [6.45, 7) is 31.8. The maximum atomic E-state index is 12.8. The summed E-state index contributed by atoms with van der Waals surface area (Å²) in [6, 6.07) is 0.313. The zero-order valence-corrected chi connectivity index (χ0v) is 29.7. The lowest BCUT2D eigenvalue weighted by Gasteiger charge is -2.46. The van der Waals surface area contributed by atoms with E-state index in [9.17, 15) is 9.59 Å². The van der Waals surface area contributed by atoms with Crippen LogP contribution in [0.3, 0.4) is 0 Å². The first kappa shape index (κ1) is 40.3. The van der Waals surface area contributed by atoms with Gasteiger partial charge in [0.25, 0.3) is 5.91 Å². The van der Waals surface area contributed by atoms with Crippen LogP contribution in [0.2, 0.25) is 0 Å². The van der Waals surface area contributed by atoms with Gasteiger partial charge in [0.1, 0.15) is 5.60 Å². The van der Waals surface area contributed by atoms with Gasteiger partial charge in [-0.3, -0.25) is 4.79 Å². The molecular formula is C34H68N4O4. The highest BCUT2D eigenvalue weighted by Crippen LogP contribution is 2.46. The lowest BCUT2D eigenvalue weighted by atomic mass is 9.62. The molecule has 0 spiro atoms. The molecule has 2 aliphatic carbocycles. The highest BCUT2D eigenvalue weighted by atomic mass is 16.5.